The van der Waals surface area contributed by atoms with Gasteiger partial charge >= 0.3 is 0 Å². The minimum absolute atomic E-state index is 0.177. The normalized spacial score (nSPS) is 11.4. The summed E-state index contributed by atoms with van der Waals surface area (Å²) in [5, 5.41) is 2.80. The van der Waals surface area contributed by atoms with Crippen LogP contribution in [0.5, 0.6) is 5.75 Å². The number of amides is 1. The summed E-state index contributed by atoms with van der Waals surface area (Å²) in [6.07, 6.45) is 1.46. The molecule has 0 aliphatic heterocycles. The van der Waals surface area contributed by atoms with Crippen LogP contribution in [0.3, 0.4) is 0 Å². The van der Waals surface area contributed by atoms with Crippen LogP contribution in [0.2, 0.25) is 0 Å². The predicted molar refractivity (Wildman–Crippen MR) is 110 cm³/mol. The number of carbonyl (C=O) groups is 1. The molecule has 29 heavy (non-hydrogen) atoms. The minimum Gasteiger partial charge on any atom is -0.494 e. The molecule has 0 spiro atoms. The van der Waals surface area contributed by atoms with Gasteiger partial charge in [-0.1, -0.05) is 13.8 Å². The highest BCUT2D eigenvalue weighted by molar-refractivity contribution is 7.89. The third-order valence-electron chi connectivity index (χ3n) is 4.40. The second-order valence-electron chi connectivity index (χ2n) is 6.38. The van der Waals surface area contributed by atoms with Gasteiger partial charge in [0.2, 0.25) is 10.0 Å². The summed E-state index contributed by atoms with van der Waals surface area (Å²) >= 11 is 0. The van der Waals surface area contributed by atoms with E-state index in [1.54, 1.807) is 26.0 Å². The first kappa shape index (κ1) is 22.8. The second kappa shape index (κ2) is 10.9. The monoisotopic (exact) mass is 422 g/mol. The first-order chi connectivity index (χ1) is 13.9. The van der Waals surface area contributed by atoms with Crippen molar-refractivity contribution in [3.63, 3.8) is 0 Å². The number of nitrogens with one attached hydrogen (secondary N) is 1. The maximum atomic E-state index is 12.8. The molecule has 0 fully saturated rings. The number of benzene rings is 2. The summed E-state index contributed by atoms with van der Waals surface area (Å²) < 4.78 is 44.6. The van der Waals surface area contributed by atoms with E-state index in [1.165, 1.54) is 40.7 Å². The van der Waals surface area contributed by atoms with E-state index in [4.69, 9.17) is 4.74 Å². The fourth-order valence-electron chi connectivity index (χ4n) is 2.74. The zero-order valence-electron chi connectivity index (χ0n) is 16.7. The molecule has 0 aliphatic rings. The number of nitrogens with zero attached hydrogens (tertiary/aromatic N) is 1. The summed E-state index contributed by atoms with van der Waals surface area (Å²) in [6, 6.07) is 11.8. The van der Waals surface area contributed by atoms with Gasteiger partial charge in [-0.25, -0.2) is 12.8 Å². The highest BCUT2D eigenvalue weighted by Gasteiger charge is 2.21. The summed E-state index contributed by atoms with van der Waals surface area (Å²) in [7, 11) is -3.53. The SMILES string of the molecule is CCN(CC)S(=O)(=O)c1ccc(C(=O)NCCCCOc2ccc(F)cc2)cc1. The number of hydrogen-bond acceptors (Lipinski definition) is 4. The summed E-state index contributed by atoms with van der Waals surface area (Å²) in [5.41, 5.74) is 0.408. The van der Waals surface area contributed by atoms with Gasteiger partial charge in [0.05, 0.1) is 11.5 Å². The summed E-state index contributed by atoms with van der Waals surface area (Å²) in [6.45, 7) is 5.31. The molecule has 0 saturated carbocycles. The molecule has 0 unspecified atom stereocenters. The zero-order chi connectivity index (χ0) is 21.3. The van der Waals surface area contributed by atoms with E-state index in [0.29, 0.717) is 37.6 Å². The lowest BCUT2D eigenvalue weighted by Gasteiger charge is -2.18. The third kappa shape index (κ3) is 6.54. The second-order valence-corrected chi connectivity index (χ2v) is 8.32. The van der Waals surface area contributed by atoms with E-state index < -0.39 is 10.0 Å². The van der Waals surface area contributed by atoms with E-state index >= 15 is 0 Å². The van der Waals surface area contributed by atoms with Crippen molar-refractivity contribution in [2.45, 2.75) is 31.6 Å². The standard InChI is InChI=1S/C21H27FN2O4S/c1-3-24(4-2)29(26,27)20-13-7-17(8-14-20)21(25)23-15-5-6-16-28-19-11-9-18(22)10-12-19/h7-14H,3-6,15-16H2,1-2H3,(H,23,25). The van der Waals surface area contributed by atoms with Crippen molar-refractivity contribution < 1.29 is 22.3 Å². The summed E-state index contributed by atoms with van der Waals surface area (Å²) in [4.78, 5) is 12.4. The van der Waals surface area contributed by atoms with Crippen molar-refractivity contribution in [1.29, 1.82) is 0 Å². The molecule has 0 radical (unpaired) electrons. The number of unbranched alkanes of at least 4 members (excludes halogenated alkanes) is 1. The molecular weight excluding hydrogens is 395 g/mol. The van der Waals surface area contributed by atoms with Crippen molar-refractivity contribution in [2.75, 3.05) is 26.2 Å². The topological polar surface area (TPSA) is 75.7 Å². The van der Waals surface area contributed by atoms with Gasteiger partial charge in [0.1, 0.15) is 11.6 Å². The molecule has 2 rings (SSSR count). The first-order valence-corrected chi connectivity index (χ1v) is 11.1. The lowest BCUT2D eigenvalue weighted by atomic mass is 10.2. The predicted octanol–water partition coefficient (Wildman–Crippen LogP) is 3.45. The maximum absolute atomic E-state index is 12.8. The lowest BCUT2D eigenvalue weighted by molar-refractivity contribution is 0.0952. The van der Waals surface area contributed by atoms with Gasteiger partial charge in [0.25, 0.3) is 5.91 Å². The molecule has 8 heteroatoms. The van der Waals surface area contributed by atoms with Crippen molar-refractivity contribution >= 4 is 15.9 Å². The molecule has 0 atom stereocenters. The molecule has 0 saturated heterocycles. The largest absolute Gasteiger partial charge is 0.494 e. The van der Waals surface area contributed by atoms with Crippen LogP contribution >= 0.6 is 0 Å². The van der Waals surface area contributed by atoms with Gasteiger partial charge in [-0.3, -0.25) is 4.79 Å². The molecule has 2 aromatic carbocycles. The molecule has 0 bridgehead atoms. The van der Waals surface area contributed by atoms with Crippen LogP contribution in [0.15, 0.2) is 53.4 Å². The maximum Gasteiger partial charge on any atom is 0.251 e. The van der Waals surface area contributed by atoms with E-state index in [1.807, 2.05) is 0 Å². The quantitative estimate of drug-likeness (QED) is 0.563. The fourth-order valence-corrected chi connectivity index (χ4v) is 4.20. The molecule has 0 heterocycles. The number of ether oxygens (including phenoxy) is 1. The van der Waals surface area contributed by atoms with Crippen LogP contribution in [0.1, 0.15) is 37.0 Å². The van der Waals surface area contributed by atoms with Gasteiger partial charge in [0, 0.05) is 25.2 Å². The van der Waals surface area contributed by atoms with Gasteiger partial charge in [-0.05, 0) is 61.4 Å². The average molecular weight is 423 g/mol. The Hall–Kier alpha value is -2.45. The number of sulfonamides is 1. The Labute approximate surface area is 171 Å². The smallest absolute Gasteiger partial charge is 0.251 e. The van der Waals surface area contributed by atoms with E-state index in [9.17, 15) is 17.6 Å². The van der Waals surface area contributed by atoms with Crippen LogP contribution in [0, 0.1) is 5.82 Å². The van der Waals surface area contributed by atoms with Crippen molar-refractivity contribution in [3.05, 3.63) is 59.9 Å². The van der Waals surface area contributed by atoms with Gasteiger partial charge in [0.15, 0.2) is 0 Å². The number of halogens is 1. The van der Waals surface area contributed by atoms with Crippen molar-refractivity contribution in [3.8, 4) is 5.75 Å². The fraction of sp³-hybridized carbons (Fsp3) is 0.381. The molecule has 0 aromatic heterocycles. The Morgan fingerprint density at radius 3 is 2.21 bits per heavy atom. The Kier molecular flexibility index (Phi) is 8.60. The first-order valence-electron chi connectivity index (χ1n) is 9.65. The van der Waals surface area contributed by atoms with Gasteiger partial charge in [-0.2, -0.15) is 4.31 Å². The number of carbonyl (C=O) groups excluding carboxylic acids is 1. The minimum atomic E-state index is -3.53. The molecule has 6 nitrogen and oxygen atoms in total. The number of hydrogen-bond donors (Lipinski definition) is 1. The average Bonchev–Trinajstić information content (AvgIpc) is 2.72. The highest BCUT2D eigenvalue weighted by atomic mass is 32.2. The molecule has 158 valence electrons. The van der Waals surface area contributed by atoms with Gasteiger partial charge in [-0.15, -0.1) is 0 Å². The molecule has 2 aromatic rings. The Morgan fingerprint density at radius 1 is 1.00 bits per heavy atom. The van der Waals surface area contributed by atoms with Crippen LogP contribution in [-0.4, -0.2) is 44.9 Å². The van der Waals surface area contributed by atoms with Crippen LogP contribution in [0.4, 0.5) is 4.39 Å². The molecule has 0 aliphatic carbocycles. The Balaban J connectivity index is 1.75. The van der Waals surface area contributed by atoms with Crippen molar-refractivity contribution in [1.82, 2.24) is 9.62 Å². The Morgan fingerprint density at radius 2 is 1.62 bits per heavy atom. The lowest BCUT2D eigenvalue weighted by Crippen LogP contribution is -2.30. The van der Waals surface area contributed by atoms with E-state index in [-0.39, 0.29) is 16.6 Å². The zero-order valence-corrected chi connectivity index (χ0v) is 17.5. The van der Waals surface area contributed by atoms with Crippen LogP contribution < -0.4 is 10.1 Å². The van der Waals surface area contributed by atoms with E-state index in [0.717, 1.165) is 12.8 Å². The molecular formula is C21H27FN2O4S. The highest BCUT2D eigenvalue weighted by Crippen LogP contribution is 2.16. The third-order valence-corrected chi connectivity index (χ3v) is 6.46. The Bertz CT molecular complexity index is 880. The van der Waals surface area contributed by atoms with Crippen molar-refractivity contribution in [2.24, 2.45) is 0 Å². The van der Waals surface area contributed by atoms with Crippen LogP contribution in [-0.2, 0) is 10.0 Å². The molecule has 1 amide bonds. The summed E-state index contributed by atoms with van der Waals surface area (Å²) in [5.74, 6) is 0.0465. The molecule has 1 N–H and O–H groups in total. The number of rotatable bonds is 11. The van der Waals surface area contributed by atoms with Crippen LogP contribution in [0.25, 0.3) is 0 Å². The van der Waals surface area contributed by atoms with Gasteiger partial charge < -0.3 is 10.1 Å². The van der Waals surface area contributed by atoms with E-state index in [2.05, 4.69) is 5.32 Å².